The van der Waals surface area contributed by atoms with Gasteiger partial charge in [-0.3, -0.25) is 4.90 Å². The molecule has 1 heterocycles. The molecule has 4 heteroatoms. The van der Waals surface area contributed by atoms with Gasteiger partial charge >= 0.3 is 0 Å². The molecular weight excluding hydrogens is 240 g/mol. The number of nitrogens with zero attached hydrogens (tertiary/aromatic N) is 1. The zero-order valence-corrected chi connectivity index (χ0v) is 11.4. The topological polar surface area (TPSA) is 58.7 Å². The molecule has 1 fully saturated rings. The number of aliphatic hydroxyl groups is 1. The molecule has 0 amide bonds. The van der Waals surface area contributed by atoms with Gasteiger partial charge in [0, 0.05) is 13.1 Å². The molecule has 2 unspecified atom stereocenters. The second-order valence-electron chi connectivity index (χ2n) is 5.13. The van der Waals surface area contributed by atoms with Crippen LogP contribution in [0.1, 0.15) is 19.3 Å². The molecule has 0 bridgehead atoms. The number of hydrogen-bond donors (Lipinski definition) is 2. The molecule has 1 aromatic carbocycles. The standard InChI is InChI=1S/C15H24N2O2/c16-11-14(18)15(12-17-9-5-2-6-10-17)19-13-7-3-1-4-8-13/h1,3-4,7-8,14-15,18H,2,5-6,9-12,16H2. The van der Waals surface area contributed by atoms with Crippen LogP contribution < -0.4 is 10.5 Å². The molecule has 4 nitrogen and oxygen atoms in total. The molecule has 1 aliphatic heterocycles. The first kappa shape index (κ1) is 14.3. The number of ether oxygens (including phenoxy) is 1. The summed E-state index contributed by atoms with van der Waals surface area (Å²) in [6, 6.07) is 9.63. The Balaban J connectivity index is 1.95. The molecule has 0 aromatic heterocycles. The smallest absolute Gasteiger partial charge is 0.138 e. The zero-order valence-electron chi connectivity index (χ0n) is 11.4. The molecule has 0 aliphatic carbocycles. The second kappa shape index (κ2) is 7.48. The quantitative estimate of drug-likeness (QED) is 0.811. The number of likely N-dealkylation sites (tertiary alicyclic amines) is 1. The van der Waals surface area contributed by atoms with Crippen LogP contribution in [0.15, 0.2) is 30.3 Å². The summed E-state index contributed by atoms with van der Waals surface area (Å²) in [5.74, 6) is 0.789. The Morgan fingerprint density at radius 3 is 2.47 bits per heavy atom. The van der Waals surface area contributed by atoms with Crippen LogP contribution in [0.3, 0.4) is 0 Å². The maximum absolute atomic E-state index is 10.0. The van der Waals surface area contributed by atoms with Gasteiger partial charge in [0.25, 0.3) is 0 Å². The van der Waals surface area contributed by atoms with E-state index in [1.54, 1.807) is 0 Å². The van der Waals surface area contributed by atoms with Gasteiger partial charge in [0.15, 0.2) is 0 Å². The van der Waals surface area contributed by atoms with Crippen molar-refractivity contribution in [2.24, 2.45) is 5.73 Å². The van der Waals surface area contributed by atoms with Crippen molar-refractivity contribution in [3.63, 3.8) is 0 Å². The molecule has 0 radical (unpaired) electrons. The molecule has 0 saturated carbocycles. The summed E-state index contributed by atoms with van der Waals surface area (Å²) in [5, 5.41) is 10.0. The van der Waals surface area contributed by atoms with E-state index >= 15 is 0 Å². The van der Waals surface area contributed by atoms with Gasteiger partial charge < -0.3 is 15.6 Å². The number of para-hydroxylation sites is 1. The van der Waals surface area contributed by atoms with E-state index in [-0.39, 0.29) is 12.6 Å². The fourth-order valence-corrected chi connectivity index (χ4v) is 2.46. The fraction of sp³-hybridized carbons (Fsp3) is 0.600. The third-order valence-electron chi connectivity index (χ3n) is 3.59. The lowest BCUT2D eigenvalue weighted by Gasteiger charge is -2.32. The Kier molecular flexibility index (Phi) is 5.63. The van der Waals surface area contributed by atoms with Crippen molar-refractivity contribution in [1.29, 1.82) is 0 Å². The van der Waals surface area contributed by atoms with Crippen molar-refractivity contribution in [1.82, 2.24) is 4.90 Å². The average molecular weight is 264 g/mol. The Hall–Kier alpha value is -1.10. The summed E-state index contributed by atoms with van der Waals surface area (Å²) >= 11 is 0. The minimum Gasteiger partial charge on any atom is -0.486 e. The van der Waals surface area contributed by atoms with Gasteiger partial charge in [0.05, 0.1) is 0 Å². The molecule has 2 rings (SSSR count). The Labute approximate surface area is 115 Å². The Morgan fingerprint density at radius 1 is 1.16 bits per heavy atom. The highest BCUT2D eigenvalue weighted by Gasteiger charge is 2.23. The molecule has 1 saturated heterocycles. The highest BCUT2D eigenvalue weighted by atomic mass is 16.5. The highest BCUT2D eigenvalue weighted by Crippen LogP contribution is 2.15. The first-order valence-electron chi connectivity index (χ1n) is 7.12. The maximum atomic E-state index is 10.0. The molecule has 2 atom stereocenters. The first-order chi connectivity index (χ1) is 9.29. The summed E-state index contributed by atoms with van der Waals surface area (Å²) in [6.07, 6.45) is 2.89. The Morgan fingerprint density at radius 2 is 1.84 bits per heavy atom. The summed E-state index contributed by atoms with van der Waals surface area (Å²) in [6.45, 7) is 3.15. The number of benzene rings is 1. The molecule has 106 valence electrons. The molecule has 19 heavy (non-hydrogen) atoms. The molecule has 1 aromatic rings. The van der Waals surface area contributed by atoms with Crippen LogP contribution in [0.5, 0.6) is 5.75 Å². The number of rotatable bonds is 6. The summed E-state index contributed by atoms with van der Waals surface area (Å²) in [5.41, 5.74) is 5.58. The monoisotopic (exact) mass is 264 g/mol. The number of piperidine rings is 1. The first-order valence-corrected chi connectivity index (χ1v) is 7.12. The van der Waals surface area contributed by atoms with E-state index in [4.69, 9.17) is 10.5 Å². The van der Waals surface area contributed by atoms with Crippen molar-refractivity contribution in [3.05, 3.63) is 30.3 Å². The van der Waals surface area contributed by atoms with Crippen LogP contribution in [-0.4, -0.2) is 48.4 Å². The maximum Gasteiger partial charge on any atom is 0.138 e. The van der Waals surface area contributed by atoms with Crippen molar-refractivity contribution in [3.8, 4) is 5.75 Å². The van der Waals surface area contributed by atoms with Crippen LogP contribution in [0.4, 0.5) is 0 Å². The summed E-state index contributed by atoms with van der Waals surface area (Å²) in [4.78, 5) is 2.36. The van der Waals surface area contributed by atoms with Crippen LogP contribution in [-0.2, 0) is 0 Å². The second-order valence-corrected chi connectivity index (χ2v) is 5.13. The zero-order chi connectivity index (χ0) is 13.5. The van der Waals surface area contributed by atoms with E-state index in [1.165, 1.54) is 19.3 Å². The van der Waals surface area contributed by atoms with Gasteiger partial charge in [-0.25, -0.2) is 0 Å². The molecule has 1 aliphatic rings. The third kappa shape index (κ3) is 4.49. The van der Waals surface area contributed by atoms with Crippen molar-refractivity contribution in [2.45, 2.75) is 31.5 Å². The van der Waals surface area contributed by atoms with E-state index in [1.807, 2.05) is 30.3 Å². The van der Waals surface area contributed by atoms with Gasteiger partial charge in [0.1, 0.15) is 18.0 Å². The lowest BCUT2D eigenvalue weighted by molar-refractivity contribution is 0.0150. The van der Waals surface area contributed by atoms with Crippen molar-refractivity contribution < 1.29 is 9.84 Å². The van der Waals surface area contributed by atoms with Gasteiger partial charge in [-0.05, 0) is 38.1 Å². The third-order valence-corrected chi connectivity index (χ3v) is 3.59. The largest absolute Gasteiger partial charge is 0.486 e. The summed E-state index contributed by atoms with van der Waals surface area (Å²) in [7, 11) is 0. The predicted molar refractivity (Wildman–Crippen MR) is 76.2 cm³/mol. The van der Waals surface area contributed by atoms with Crippen molar-refractivity contribution >= 4 is 0 Å². The Bertz CT molecular complexity index is 352. The highest BCUT2D eigenvalue weighted by molar-refractivity contribution is 5.21. The minimum absolute atomic E-state index is 0.228. The number of aliphatic hydroxyl groups excluding tert-OH is 1. The average Bonchev–Trinajstić information content (AvgIpc) is 2.48. The predicted octanol–water partition coefficient (Wildman–Crippen LogP) is 1.24. The van der Waals surface area contributed by atoms with E-state index in [2.05, 4.69) is 4.90 Å². The lowest BCUT2D eigenvalue weighted by atomic mass is 10.1. The van der Waals surface area contributed by atoms with E-state index in [9.17, 15) is 5.11 Å². The van der Waals surface area contributed by atoms with Gasteiger partial charge in [-0.2, -0.15) is 0 Å². The van der Waals surface area contributed by atoms with Crippen LogP contribution in [0, 0.1) is 0 Å². The SMILES string of the molecule is NCC(O)C(CN1CCCCC1)Oc1ccccc1. The summed E-state index contributed by atoms with van der Waals surface area (Å²) < 4.78 is 5.90. The van der Waals surface area contributed by atoms with Gasteiger partial charge in [-0.15, -0.1) is 0 Å². The van der Waals surface area contributed by atoms with Crippen molar-refractivity contribution in [2.75, 3.05) is 26.2 Å². The minimum atomic E-state index is -0.623. The van der Waals surface area contributed by atoms with Crippen LogP contribution >= 0.6 is 0 Å². The lowest BCUT2D eigenvalue weighted by Crippen LogP contribution is -2.47. The molecule has 3 N–H and O–H groups in total. The van der Waals surface area contributed by atoms with Crippen LogP contribution in [0.25, 0.3) is 0 Å². The van der Waals surface area contributed by atoms with E-state index in [0.717, 1.165) is 25.4 Å². The van der Waals surface area contributed by atoms with Crippen LogP contribution in [0.2, 0.25) is 0 Å². The van der Waals surface area contributed by atoms with E-state index < -0.39 is 6.10 Å². The van der Waals surface area contributed by atoms with E-state index in [0.29, 0.717) is 0 Å². The van der Waals surface area contributed by atoms with Gasteiger partial charge in [-0.1, -0.05) is 24.6 Å². The van der Waals surface area contributed by atoms with Gasteiger partial charge in [0.2, 0.25) is 0 Å². The number of nitrogens with two attached hydrogens (primary N) is 1. The molecular formula is C15H24N2O2. The normalized spacial score (nSPS) is 19.9. The fourth-order valence-electron chi connectivity index (χ4n) is 2.46. The number of hydrogen-bond acceptors (Lipinski definition) is 4. The molecule has 0 spiro atoms.